The number of para-hydroxylation sites is 3. The van der Waals surface area contributed by atoms with Crippen LogP contribution in [-0.2, 0) is 4.79 Å². The van der Waals surface area contributed by atoms with Gasteiger partial charge in [-0.15, -0.1) is 0 Å². The number of nitrogens with one attached hydrogen (secondary N) is 1. The molecule has 142 valence electrons. The molecule has 0 saturated carbocycles. The largest absolute Gasteiger partial charge is 0.496 e. The Labute approximate surface area is 164 Å². The summed E-state index contributed by atoms with van der Waals surface area (Å²) in [4.78, 5) is 18.1. The Kier molecular flexibility index (Phi) is 3.63. The highest BCUT2D eigenvalue weighted by Crippen LogP contribution is 2.48. The maximum Gasteiger partial charge on any atom is 0.209 e. The van der Waals surface area contributed by atoms with Crippen LogP contribution in [0.15, 0.2) is 59.8 Å². The smallest absolute Gasteiger partial charge is 0.209 e. The van der Waals surface area contributed by atoms with Crippen molar-refractivity contribution < 1.29 is 9.53 Å². The molecule has 2 heterocycles. The number of anilines is 1. The number of ether oxygens (including phenoxy) is 1. The van der Waals surface area contributed by atoms with E-state index in [0.717, 1.165) is 46.0 Å². The van der Waals surface area contributed by atoms with Crippen LogP contribution in [0.3, 0.4) is 0 Å². The normalized spacial score (nSPS) is 20.5. The third-order valence-corrected chi connectivity index (χ3v) is 5.74. The second kappa shape index (κ2) is 5.96. The predicted octanol–water partition coefficient (Wildman–Crippen LogP) is 4.70. The molecule has 5 rings (SSSR count). The van der Waals surface area contributed by atoms with Gasteiger partial charge >= 0.3 is 0 Å². The Morgan fingerprint density at radius 3 is 2.68 bits per heavy atom. The Balaban J connectivity index is 1.82. The number of carbonyl (C=O) groups is 1. The van der Waals surface area contributed by atoms with E-state index in [1.165, 1.54) is 0 Å². The van der Waals surface area contributed by atoms with E-state index in [-0.39, 0.29) is 17.2 Å². The standard InChI is InChI=1S/C23H23N3O2/c1-23(2)12-16-20(18(27)13-23)21(14-8-4-7-11-19(14)28-3)26-17-10-6-5-9-15(17)24-22(26)25-16/h4-11,21H,12-13H2,1-3H3,(H,24,25)/t21-/m0/s1. The molecule has 3 aromatic rings. The van der Waals surface area contributed by atoms with Gasteiger partial charge in [0.15, 0.2) is 5.78 Å². The summed E-state index contributed by atoms with van der Waals surface area (Å²) in [5, 5.41) is 3.48. The fourth-order valence-corrected chi connectivity index (χ4v) is 4.61. The van der Waals surface area contributed by atoms with Gasteiger partial charge in [-0.1, -0.05) is 44.2 Å². The van der Waals surface area contributed by atoms with Crippen molar-refractivity contribution in [1.82, 2.24) is 9.55 Å². The van der Waals surface area contributed by atoms with Gasteiger partial charge in [0, 0.05) is 23.3 Å². The number of nitrogens with zero attached hydrogens (tertiary/aromatic N) is 2. The number of carbonyl (C=O) groups excluding carboxylic acids is 1. The zero-order chi connectivity index (χ0) is 19.5. The van der Waals surface area contributed by atoms with Crippen LogP contribution in [0.25, 0.3) is 11.0 Å². The van der Waals surface area contributed by atoms with E-state index in [9.17, 15) is 4.79 Å². The van der Waals surface area contributed by atoms with Crippen LogP contribution < -0.4 is 10.1 Å². The minimum Gasteiger partial charge on any atom is -0.496 e. The number of methoxy groups -OCH3 is 1. The Morgan fingerprint density at radius 2 is 1.86 bits per heavy atom. The maximum absolute atomic E-state index is 13.3. The van der Waals surface area contributed by atoms with E-state index in [4.69, 9.17) is 9.72 Å². The fraction of sp³-hybridized carbons (Fsp3) is 0.304. The SMILES string of the molecule is COc1ccccc1[C@H]1C2=C(CC(C)(C)CC2=O)Nc2nc3ccccc3n21. The molecule has 0 radical (unpaired) electrons. The lowest BCUT2D eigenvalue weighted by atomic mass is 9.73. The van der Waals surface area contributed by atoms with Gasteiger partial charge in [-0.05, 0) is 30.0 Å². The maximum atomic E-state index is 13.3. The van der Waals surface area contributed by atoms with Crippen molar-refractivity contribution in [3.63, 3.8) is 0 Å². The zero-order valence-electron chi connectivity index (χ0n) is 16.3. The van der Waals surface area contributed by atoms with Crippen LogP contribution in [0.4, 0.5) is 5.95 Å². The van der Waals surface area contributed by atoms with E-state index in [1.54, 1.807) is 7.11 Å². The molecule has 0 unspecified atom stereocenters. The zero-order valence-corrected chi connectivity index (χ0v) is 16.3. The number of rotatable bonds is 2. The van der Waals surface area contributed by atoms with Crippen molar-refractivity contribution in [2.75, 3.05) is 12.4 Å². The van der Waals surface area contributed by atoms with E-state index in [1.807, 2.05) is 42.5 Å². The number of Topliss-reactive ketones (excluding diaryl/α,β-unsaturated/α-hetero) is 1. The van der Waals surface area contributed by atoms with Crippen molar-refractivity contribution in [3.8, 4) is 5.75 Å². The lowest BCUT2D eigenvalue weighted by Crippen LogP contribution is -2.36. The summed E-state index contributed by atoms with van der Waals surface area (Å²) in [7, 11) is 1.67. The number of benzene rings is 2. The molecule has 0 saturated heterocycles. The molecule has 28 heavy (non-hydrogen) atoms. The summed E-state index contributed by atoms with van der Waals surface area (Å²) < 4.78 is 7.81. The number of hydrogen-bond acceptors (Lipinski definition) is 4. The van der Waals surface area contributed by atoms with Crippen LogP contribution >= 0.6 is 0 Å². The lowest BCUT2D eigenvalue weighted by molar-refractivity contribution is -0.118. The van der Waals surface area contributed by atoms with Crippen molar-refractivity contribution in [2.45, 2.75) is 32.7 Å². The highest BCUT2D eigenvalue weighted by Gasteiger charge is 2.42. The quantitative estimate of drug-likeness (QED) is 0.707. The highest BCUT2D eigenvalue weighted by molar-refractivity contribution is 6.01. The van der Waals surface area contributed by atoms with Gasteiger partial charge in [-0.3, -0.25) is 9.36 Å². The molecule has 1 atom stereocenters. The van der Waals surface area contributed by atoms with Gasteiger partial charge in [-0.2, -0.15) is 0 Å². The van der Waals surface area contributed by atoms with Crippen molar-refractivity contribution >= 4 is 22.8 Å². The van der Waals surface area contributed by atoms with Gasteiger partial charge in [0.2, 0.25) is 5.95 Å². The molecule has 5 heteroatoms. The van der Waals surface area contributed by atoms with Crippen LogP contribution in [0.5, 0.6) is 5.75 Å². The van der Waals surface area contributed by atoms with Crippen LogP contribution in [0.1, 0.15) is 38.3 Å². The first kappa shape index (κ1) is 17.0. The number of allylic oxidation sites excluding steroid dienone is 2. The molecule has 1 aromatic heterocycles. The second-order valence-electron chi connectivity index (χ2n) is 8.40. The molecular weight excluding hydrogens is 350 g/mol. The molecule has 1 aliphatic carbocycles. The molecule has 2 aromatic carbocycles. The van der Waals surface area contributed by atoms with Crippen molar-refractivity contribution in [3.05, 3.63) is 65.4 Å². The molecule has 1 N–H and O–H groups in total. The first-order valence-electron chi connectivity index (χ1n) is 9.62. The summed E-state index contributed by atoms with van der Waals surface area (Å²) >= 11 is 0. The second-order valence-corrected chi connectivity index (χ2v) is 8.40. The minimum absolute atomic E-state index is 0.0670. The van der Waals surface area contributed by atoms with E-state index in [2.05, 4.69) is 29.8 Å². The molecule has 0 fully saturated rings. The molecular formula is C23H23N3O2. The minimum atomic E-state index is -0.251. The first-order chi connectivity index (χ1) is 13.5. The van der Waals surface area contributed by atoms with Gasteiger partial charge in [-0.25, -0.2) is 4.98 Å². The molecule has 2 aliphatic rings. The molecule has 0 amide bonds. The first-order valence-corrected chi connectivity index (χ1v) is 9.62. The summed E-state index contributed by atoms with van der Waals surface area (Å²) in [5.74, 6) is 1.75. The Hall–Kier alpha value is -3.08. The summed E-state index contributed by atoms with van der Waals surface area (Å²) in [5.41, 5.74) is 4.65. The average molecular weight is 373 g/mol. The van der Waals surface area contributed by atoms with Gasteiger partial charge in [0.25, 0.3) is 0 Å². The van der Waals surface area contributed by atoms with E-state index < -0.39 is 0 Å². The van der Waals surface area contributed by atoms with Gasteiger partial charge in [0.05, 0.1) is 24.2 Å². The van der Waals surface area contributed by atoms with Crippen molar-refractivity contribution in [1.29, 1.82) is 0 Å². The van der Waals surface area contributed by atoms with Gasteiger partial charge < -0.3 is 10.1 Å². The average Bonchev–Trinajstić information content (AvgIpc) is 3.03. The number of imidazole rings is 1. The Bertz CT molecular complexity index is 1140. The predicted molar refractivity (Wildman–Crippen MR) is 110 cm³/mol. The number of fused-ring (bicyclic) bond motifs is 3. The lowest BCUT2D eigenvalue weighted by Gasteiger charge is -2.39. The topological polar surface area (TPSA) is 56.1 Å². The summed E-state index contributed by atoms with van der Waals surface area (Å²) in [6, 6.07) is 15.8. The molecule has 0 spiro atoms. The van der Waals surface area contributed by atoms with Gasteiger partial charge in [0.1, 0.15) is 5.75 Å². The fourth-order valence-electron chi connectivity index (χ4n) is 4.61. The van der Waals surface area contributed by atoms with Crippen LogP contribution in [-0.4, -0.2) is 22.4 Å². The van der Waals surface area contributed by atoms with Crippen LogP contribution in [0.2, 0.25) is 0 Å². The third kappa shape index (κ3) is 2.46. The van der Waals surface area contributed by atoms with Crippen molar-refractivity contribution in [2.24, 2.45) is 5.41 Å². The Morgan fingerprint density at radius 1 is 1.11 bits per heavy atom. The highest BCUT2D eigenvalue weighted by atomic mass is 16.5. The van der Waals surface area contributed by atoms with E-state index >= 15 is 0 Å². The van der Waals surface area contributed by atoms with Crippen LogP contribution in [0, 0.1) is 5.41 Å². The number of ketones is 1. The number of aromatic nitrogens is 2. The van der Waals surface area contributed by atoms with E-state index in [0.29, 0.717) is 6.42 Å². The summed E-state index contributed by atoms with van der Waals surface area (Å²) in [6.45, 7) is 4.29. The number of hydrogen-bond donors (Lipinski definition) is 1. The molecule has 5 nitrogen and oxygen atoms in total. The molecule has 0 bridgehead atoms. The molecule has 1 aliphatic heterocycles. The third-order valence-electron chi connectivity index (χ3n) is 5.74. The summed E-state index contributed by atoms with van der Waals surface area (Å²) in [6.07, 6.45) is 1.37. The monoisotopic (exact) mass is 373 g/mol.